The molecule has 1 amide bonds. The molecule has 1 fully saturated rings. The topological polar surface area (TPSA) is 55.1 Å². The number of carbonyl (C=O) groups excluding carboxylic acids is 1. The third kappa shape index (κ3) is 5.02. The molecule has 0 aromatic rings. The third-order valence-corrected chi connectivity index (χ3v) is 4.70. The maximum absolute atomic E-state index is 12.8. The standard InChI is InChI=1S/C14H25F3N2O.ClH/c1-3-13(4-2,9-18)12(20)19-11-7-5-6-10(8-11)14(15,16)17;/h10-11H,3-9,18H2,1-2H3,(H,19,20);1H. The Morgan fingerprint density at radius 2 is 1.81 bits per heavy atom. The molecular weight excluding hydrogens is 305 g/mol. The molecule has 0 aromatic carbocycles. The Labute approximate surface area is 130 Å². The van der Waals surface area contributed by atoms with Crippen molar-refractivity contribution < 1.29 is 18.0 Å². The van der Waals surface area contributed by atoms with Gasteiger partial charge in [-0.3, -0.25) is 4.79 Å². The molecule has 1 aliphatic carbocycles. The van der Waals surface area contributed by atoms with E-state index in [0.717, 1.165) is 0 Å². The molecule has 2 atom stereocenters. The van der Waals surface area contributed by atoms with Gasteiger partial charge in [-0.2, -0.15) is 13.2 Å². The molecule has 21 heavy (non-hydrogen) atoms. The van der Waals surface area contributed by atoms with Crippen molar-refractivity contribution in [1.29, 1.82) is 0 Å². The number of alkyl halides is 3. The van der Waals surface area contributed by atoms with Crippen molar-refractivity contribution in [2.24, 2.45) is 17.1 Å². The fraction of sp³-hybridized carbons (Fsp3) is 0.929. The largest absolute Gasteiger partial charge is 0.391 e. The number of rotatable bonds is 5. The number of hydrogen-bond acceptors (Lipinski definition) is 2. The summed E-state index contributed by atoms with van der Waals surface area (Å²) in [5.74, 6) is -1.49. The van der Waals surface area contributed by atoms with E-state index in [4.69, 9.17) is 5.73 Å². The molecule has 3 N–H and O–H groups in total. The molecule has 7 heteroatoms. The highest BCUT2D eigenvalue weighted by Gasteiger charge is 2.43. The molecule has 0 aliphatic heterocycles. The fourth-order valence-corrected chi connectivity index (χ4v) is 2.91. The van der Waals surface area contributed by atoms with Gasteiger partial charge in [0, 0.05) is 12.6 Å². The second-order valence-electron chi connectivity index (χ2n) is 5.77. The van der Waals surface area contributed by atoms with Crippen LogP contribution in [0.3, 0.4) is 0 Å². The zero-order chi connectivity index (χ0) is 15.4. The van der Waals surface area contributed by atoms with E-state index >= 15 is 0 Å². The lowest BCUT2D eigenvalue weighted by Crippen LogP contribution is -2.50. The van der Waals surface area contributed by atoms with E-state index in [-0.39, 0.29) is 43.7 Å². The van der Waals surface area contributed by atoms with E-state index in [1.807, 2.05) is 13.8 Å². The Hall–Kier alpha value is -0.490. The quantitative estimate of drug-likeness (QED) is 0.811. The first-order valence-corrected chi connectivity index (χ1v) is 7.36. The average molecular weight is 331 g/mol. The Morgan fingerprint density at radius 3 is 2.24 bits per heavy atom. The minimum atomic E-state index is -4.16. The summed E-state index contributed by atoms with van der Waals surface area (Å²) in [5.41, 5.74) is 5.04. The van der Waals surface area contributed by atoms with Crippen molar-refractivity contribution in [2.75, 3.05) is 6.54 Å². The first-order chi connectivity index (χ1) is 9.29. The molecule has 1 saturated carbocycles. The summed E-state index contributed by atoms with van der Waals surface area (Å²) in [6.45, 7) is 3.99. The lowest BCUT2D eigenvalue weighted by molar-refractivity contribution is -0.184. The zero-order valence-electron chi connectivity index (χ0n) is 12.6. The minimum absolute atomic E-state index is 0. The van der Waals surface area contributed by atoms with E-state index in [9.17, 15) is 18.0 Å². The summed E-state index contributed by atoms with van der Waals surface area (Å²) >= 11 is 0. The minimum Gasteiger partial charge on any atom is -0.353 e. The van der Waals surface area contributed by atoms with Crippen molar-refractivity contribution in [3.63, 3.8) is 0 Å². The van der Waals surface area contributed by atoms with Gasteiger partial charge in [0.1, 0.15) is 0 Å². The van der Waals surface area contributed by atoms with Gasteiger partial charge in [0.15, 0.2) is 0 Å². The van der Waals surface area contributed by atoms with Gasteiger partial charge in [-0.1, -0.05) is 20.3 Å². The Bertz CT molecular complexity index is 324. The Kier molecular flexibility index (Phi) is 8.03. The monoisotopic (exact) mass is 330 g/mol. The third-order valence-electron chi connectivity index (χ3n) is 4.70. The summed E-state index contributed by atoms with van der Waals surface area (Å²) < 4.78 is 38.3. The van der Waals surface area contributed by atoms with E-state index in [1.54, 1.807) is 0 Å². The summed E-state index contributed by atoms with van der Waals surface area (Å²) in [6.07, 6.45) is -1.69. The molecule has 0 heterocycles. The van der Waals surface area contributed by atoms with Crippen LogP contribution < -0.4 is 11.1 Å². The number of halogens is 4. The van der Waals surface area contributed by atoms with Crippen molar-refractivity contribution in [2.45, 2.75) is 64.6 Å². The Balaban J connectivity index is 0.00000400. The molecule has 2 unspecified atom stereocenters. The van der Waals surface area contributed by atoms with E-state index < -0.39 is 17.5 Å². The SMILES string of the molecule is CCC(CC)(CN)C(=O)NC1CCCC(C(F)(F)F)C1.Cl. The lowest BCUT2D eigenvalue weighted by atomic mass is 9.80. The maximum Gasteiger partial charge on any atom is 0.391 e. The van der Waals surface area contributed by atoms with Crippen LogP contribution in [0.4, 0.5) is 13.2 Å². The van der Waals surface area contributed by atoms with Crippen LogP contribution in [-0.2, 0) is 4.79 Å². The normalized spacial score (nSPS) is 23.3. The predicted octanol–water partition coefficient (Wildman–Crippen LogP) is 3.41. The summed E-state index contributed by atoms with van der Waals surface area (Å²) in [5, 5.41) is 2.80. The van der Waals surface area contributed by atoms with Crippen molar-refractivity contribution >= 4 is 18.3 Å². The van der Waals surface area contributed by atoms with E-state index in [0.29, 0.717) is 25.7 Å². The van der Waals surface area contributed by atoms with Gasteiger partial charge in [-0.05, 0) is 32.1 Å². The molecule has 0 aromatic heterocycles. The number of amides is 1. The summed E-state index contributed by atoms with van der Waals surface area (Å²) in [4.78, 5) is 12.3. The van der Waals surface area contributed by atoms with Gasteiger partial charge >= 0.3 is 6.18 Å². The van der Waals surface area contributed by atoms with Gasteiger partial charge in [0.25, 0.3) is 0 Å². The van der Waals surface area contributed by atoms with Crippen LogP contribution in [0.15, 0.2) is 0 Å². The second kappa shape index (κ2) is 8.22. The van der Waals surface area contributed by atoms with Crippen LogP contribution in [0.2, 0.25) is 0 Å². The Morgan fingerprint density at radius 1 is 1.24 bits per heavy atom. The molecule has 0 spiro atoms. The smallest absolute Gasteiger partial charge is 0.353 e. The second-order valence-corrected chi connectivity index (χ2v) is 5.77. The first-order valence-electron chi connectivity index (χ1n) is 7.36. The zero-order valence-corrected chi connectivity index (χ0v) is 13.4. The highest BCUT2D eigenvalue weighted by atomic mass is 35.5. The molecule has 0 radical (unpaired) electrons. The highest BCUT2D eigenvalue weighted by molar-refractivity contribution is 5.85. The molecule has 3 nitrogen and oxygen atoms in total. The van der Waals surface area contributed by atoms with Gasteiger partial charge < -0.3 is 11.1 Å². The summed E-state index contributed by atoms with van der Waals surface area (Å²) in [6, 6.07) is -0.383. The number of carbonyl (C=O) groups is 1. The fourth-order valence-electron chi connectivity index (χ4n) is 2.91. The number of nitrogens with one attached hydrogen (secondary N) is 1. The van der Waals surface area contributed by atoms with Crippen LogP contribution in [0.5, 0.6) is 0 Å². The lowest BCUT2D eigenvalue weighted by Gasteiger charge is -2.35. The molecule has 1 aliphatic rings. The molecule has 1 rings (SSSR count). The van der Waals surface area contributed by atoms with Gasteiger partial charge in [0.05, 0.1) is 11.3 Å². The molecule has 0 saturated heterocycles. The molecule has 0 bridgehead atoms. The van der Waals surface area contributed by atoms with Crippen molar-refractivity contribution in [3.8, 4) is 0 Å². The summed E-state index contributed by atoms with van der Waals surface area (Å²) in [7, 11) is 0. The van der Waals surface area contributed by atoms with Gasteiger partial charge in [0.2, 0.25) is 5.91 Å². The van der Waals surface area contributed by atoms with Gasteiger partial charge in [-0.25, -0.2) is 0 Å². The van der Waals surface area contributed by atoms with E-state index in [2.05, 4.69) is 5.32 Å². The van der Waals surface area contributed by atoms with Crippen molar-refractivity contribution in [3.05, 3.63) is 0 Å². The maximum atomic E-state index is 12.8. The number of hydrogen-bond donors (Lipinski definition) is 2. The van der Waals surface area contributed by atoms with Crippen LogP contribution in [0, 0.1) is 11.3 Å². The molecular formula is C14H26ClF3N2O. The number of nitrogens with two attached hydrogens (primary N) is 1. The highest BCUT2D eigenvalue weighted by Crippen LogP contribution is 2.38. The van der Waals surface area contributed by atoms with Crippen LogP contribution in [0.1, 0.15) is 52.4 Å². The predicted molar refractivity (Wildman–Crippen MR) is 79.3 cm³/mol. The van der Waals surface area contributed by atoms with Crippen LogP contribution in [-0.4, -0.2) is 24.7 Å². The van der Waals surface area contributed by atoms with Crippen LogP contribution >= 0.6 is 12.4 Å². The first kappa shape index (κ1) is 20.5. The average Bonchev–Trinajstić information content (AvgIpc) is 2.41. The van der Waals surface area contributed by atoms with Crippen LogP contribution in [0.25, 0.3) is 0 Å². The van der Waals surface area contributed by atoms with Crippen molar-refractivity contribution in [1.82, 2.24) is 5.32 Å². The molecule has 126 valence electrons. The van der Waals surface area contributed by atoms with Gasteiger partial charge in [-0.15, -0.1) is 12.4 Å². The van der Waals surface area contributed by atoms with E-state index in [1.165, 1.54) is 0 Å².